The molecule has 300 valence electrons. The summed E-state index contributed by atoms with van der Waals surface area (Å²) in [6.45, 7) is 4.82. The molecule has 4 aromatic carbocycles. The molecule has 2 saturated heterocycles. The summed E-state index contributed by atoms with van der Waals surface area (Å²) in [6, 6.07) is 29.4. The molecule has 3 heterocycles. The van der Waals surface area contributed by atoms with Crippen LogP contribution < -0.4 is 4.90 Å². The molecule has 2 aliphatic rings. The molecular formula is C46H51N7O5. The predicted molar refractivity (Wildman–Crippen MR) is 225 cm³/mol. The van der Waals surface area contributed by atoms with Crippen LogP contribution >= 0.6 is 0 Å². The van der Waals surface area contributed by atoms with Crippen LogP contribution in [0.3, 0.4) is 0 Å². The first-order valence-corrected chi connectivity index (χ1v) is 19.6. The van der Waals surface area contributed by atoms with E-state index in [-0.39, 0.29) is 68.4 Å². The fourth-order valence-corrected chi connectivity index (χ4v) is 8.28. The first-order chi connectivity index (χ1) is 27.9. The zero-order valence-corrected chi connectivity index (χ0v) is 33.6. The van der Waals surface area contributed by atoms with Crippen molar-refractivity contribution in [3.63, 3.8) is 0 Å². The number of hydrazine groups is 1. The van der Waals surface area contributed by atoms with Gasteiger partial charge in [-0.25, -0.2) is 10.0 Å². The maximum absolute atomic E-state index is 14.7. The Balaban J connectivity index is 1.21. The van der Waals surface area contributed by atoms with Gasteiger partial charge in [-0.1, -0.05) is 78.9 Å². The van der Waals surface area contributed by atoms with E-state index in [0.717, 1.165) is 38.8 Å². The molecule has 2 fully saturated rings. The number of anilines is 1. The maximum atomic E-state index is 14.7. The Kier molecular flexibility index (Phi) is 11.7. The van der Waals surface area contributed by atoms with Crippen molar-refractivity contribution in [2.24, 2.45) is 7.05 Å². The van der Waals surface area contributed by atoms with Gasteiger partial charge in [0, 0.05) is 77.9 Å². The molecule has 2 atom stereocenters. The number of aryl methyl sites for hydroxylation is 2. The van der Waals surface area contributed by atoms with Gasteiger partial charge in [-0.3, -0.25) is 19.2 Å². The molecule has 0 aliphatic carbocycles. The van der Waals surface area contributed by atoms with Gasteiger partial charge in [0.2, 0.25) is 17.7 Å². The lowest BCUT2D eigenvalue weighted by Crippen LogP contribution is -2.75. The average Bonchev–Trinajstić information content (AvgIpc) is 3.56. The van der Waals surface area contributed by atoms with Crippen molar-refractivity contribution in [2.45, 2.75) is 44.6 Å². The van der Waals surface area contributed by atoms with Gasteiger partial charge in [-0.05, 0) is 52.9 Å². The lowest BCUT2D eigenvalue weighted by atomic mass is 9.97. The summed E-state index contributed by atoms with van der Waals surface area (Å²) in [7, 11) is 7.68. The smallest absolute Gasteiger partial charge is 0.256 e. The van der Waals surface area contributed by atoms with E-state index in [1.807, 2.05) is 110 Å². The summed E-state index contributed by atoms with van der Waals surface area (Å²) < 4.78 is 1.93. The van der Waals surface area contributed by atoms with E-state index in [4.69, 9.17) is 0 Å². The molecule has 1 N–H and O–H groups in total. The number of para-hydroxylation sites is 1. The second-order valence-electron chi connectivity index (χ2n) is 15.4. The molecule has 4 amide bonds. The van der Waals surface area contributed by atoms with Crippen LogP contribution in [0.15, 0.2) is 116 Å². The molecule has 2 aliphatic heterocycles. The van der Waals surface area contributed by atoms with Crippen LogP contribution in [-0.2, 0) is 47.4 Å². The summed E-state index contributed by atoms with van der Waals surface area (Å²) in [4.78, 5) is 64.2. The summed E-state index contributed by atoms with van der Waals surface area (Å²) in [6.07, 6.45) is 3.68. The Morgan fingerprint density at radius 3 is 2.28 bits per heavy atom. The number of amides is 4. The molecule has 7 rings (SSSR count). The number of fused-ring (bicyclic) bond motifs is 2. The van der Waals surface area contributed by atoms with Gasteiger partial charge in [0.25, 0.3) is 5.91 Å². The van der Waals surface area contributed by atoms with Crippen molar-refractivity contribution in [1.29, 1.82) is 0 Å². The first kappa shape index (κ1) is 39.8. The molecule has 5 aromatic rings. The van der Waals surface area contributed by atoms with Crippen molar-refractivity contribution in [3.05, 3.63) is 144 Å². The van der Waals surface area contributed by atoms with Gasteiger partial charge in [-0.15, -0.1) is 6.58 Å². The average molecular weight is 782 g/mol. The van der Waals surface area contributed by atoms with Gasteiger partial charge in [0.15, 0.2) is 0 Å². The third-order valence-electron chi connectivity index (χ3n) is 11.2. The Bertz CT molecular complexity index is 2300. The highest BCUT2D eigenvalue weighted by Crippen LogP contribution is 2.32. The predicted octanol–water partition coefficient (Wildman–Crippen LogP) is 5.21. The van der Waals surface area contributed by atoms with E-state index < -0.39 is 12.2 Å². The molecule has 12 nitrogen and oxygen atoms in total. The quantitative estimate of drug-likeness (QED) is 0.164. The number of carbonyl (C=O) groups excluding carboxylic acids is 4. The minimum atomic E-state index is -0.906. The highest BCUT2D eigenvalue weighted by molar-refractivity contribution is 6.07. The number of hydrogen-bond acceptors (Lipinski definition) is 7. The highest BCUT2D eigenvalue weighted by atomic mass is 16.3. The van der Waals surface area contributed by atoms with Crippen LogP contribution in [0, 0.1) is 0 Å². The van der Waals surface area contributed by atoms with Crippen LogP contribution in [0.2, 0.25) is 0 Å². The maximum Gasteiger partial charge on any atom is 0.256 e. The van der Waals surface area contributed by atoms with Crippen molar-refractivity contribution in [1.82, 2.24) is 29.3 Å². The van der Waals surface area contributed by atoms with Crippen LogP contribution in [0.1, 0.15) is 39.0 Å². The SMILES string of the molecule is C=CCN1CC(=O)N2[C@@H](Cc3ccc(O)cc3)C(=O)N(Cc3cccc4c(C(=O)N(C)Cc5ccc(N(C)C)cc5)cn(C)c34)C[C@@H]2N1C(=O)CCc1ccccc1. The van der Waals surface area contributed by atoms with E-state index in [1.54, 1.807) is 62.1 Å². The Morgan fingerprint density at radius 1 is 0.879 bits per heavy atom. The lowest BCUT2D eigenvalue weighted by Gasteiger charge is -2.55. The molecule has 58 heavy (non-hydrogen) atoms. The van der Waals surface area contributed by atoms with Crippen molar-refractivity contribution < 1.29 is 24.3 Å². The van der Waals surface area contributed by atoms with E-state index in [1.165, 1.54) is 0 Å². The molecule has 12 heteroatoms. The minimum absolute atomic E-state index is 0.0751. The normalized spacial score (nSPS) is 17.1. The van der Waals surface area contributed by atoms with Gasteiger partial charge in [-0.2, -0.15) is 0 Å². The Hall–Kier alpha value is -6.40. The van der Waals surface area contributed by atoms with Crippen molar-refractivity contribution in [3.8, 4) is 5.75 Å². The largest absolute Gasteiger partial charge is 0.508 e. The fourth-order valence-electron chi connectivity index (χ4n) is 8.28. The number of phenolic OH excluding ortho intramolecular Hbond substituents is 1. The molecule has 0 radical (unpaired) electrons. The van der Waals surface area contributed by atoms with E-state index in [2.05, 4.69) is 6.58 Å². The number of piperazine rings is 1. The number of aromatic nitrogens is 1. The number of benzene rings is 4. The number of hydrogen-bond donors (Lipinski definition) is 1. The number of nitrogens with zero attached hydrogens (tertiary/aromatic N) is 7. The van der Waals surface area contributed by atoms with Crippen molar-refractivity contribution >= 4 is 40.2 Å². The molecule has 1 aromatic heterocycles. The summed E-state index contributed by atoms with van der Waals surface area (Å²) in [5, 5.41) is 14.2. The van der Waals surface area contributed by atoms with E-state index in [9.17, 15) is 24.3 Å². The van der Waals surface area contributed by atoms with E-state index in [0.29, 0.717) is 18.5 Å². The topological polar surface area (TPSA) is 113 Å². The summed E-state index contributed by atoms with van der Waals surface area (Å²) in [5.41, 5.74) is 6.11. The fraction of sp³-hybridized carbons (Fsp3) is 0.304. The number of rotatable bonds is 13. The third kappa shape index (κ3) is 8.19. The molecule has 0 saturated carbocycles. The van der Waals surface area contributed by atoms with Crippen LogP contribution in [0.4, 0.5) is 5.69 Å². The first-order valence-electron chi connectivity index (χ1n) is 19.6. The highest BCUT2D eigenvalue weighted by Gasteiger charge is 2.51. The van der Waals surface area contributed by atoms with Gasteiger partial charge < -0.3 is 29.3 Å². The Morgan fingerprint density at radius 2 is 1.59 bits per heavy atom. The zero-order chi connectivity index (χ0) is 41.1. The summed E-state index contributed by atoms with van der Waals surface area (Å²) in [5.74, 6) is -0.668. The standard InChI is InChI=1S/C46H51N7O5/c1-6-25-51-31-43(56)52-40(26-33-17-22-37(54)23-18-33)46(58)50(30-41(52)53(51)42(55)24-19-32-11-8-7-9-12-32)28-35-13-10-14-38-39(29-48(4)44(35)38)45(57)49(5)27-34-15-20-36(21-16-34)47(2)3/h6-18,20-23,29,40-41,54H,1,19,24-28,30-31H2,2-5H3/t40-,41-/m0/s1. The molecule has 0 unspecified atom stereocenters. The molecular weight excluding hydrogens is 731 g/mol. The van der Waals surface area contributed by atoms with Crippen LogP contribution in [0.5, 0.6) is 5.75 Å². The van der Waals surface area contributed by atoms with Crippen LogP contribution in [0.25, 0.3) is 10.9 Å². The molecule has 0 bridgehead atoms. The number of carbonyl (C=O) groups is 4. The number of aromatic hydroxyl groups is 1. The second kappa shape index (κ2) is 17.0. The molecule has 0 spiro atoms. The van der Waals surface area contributed by atoms with Crippen molar-refractivity contribution in [2.75, 3.05) is 45.7 Å². The zero-order valence-electron chi connectivity index (χ0n) is 33.6. The monoisotopic (exact) mass is 781 g/mol. The summed E-state index contributed by atoms with van der Waals surface area (Å²) >= 11 is 0. The third-order valence-corrected chi connectivity index (χ3v) is 11.2. The second-order valence-corrected chi connectivity index (χ2v) is 15.4. The van der Waals surface area contributed by atoms with E-state index >= 15 is 0 Å². The van der Waals surface area contributed by atoms with Gasteiger partial charge in [0.1, 0.15) is 18.0 Å². The lowest BCUT2D eigenvalue weighted by molar-refractivity contribution is -0.205. The number of phenols is 1. The Labute approximate surface area is 339 Å². The van der Waals surface area contributed by atoms with Gasteiger partial charge in [0.05, 0.1) is 24.2 Å². The minimum Gasteiger partial charge on any atom is -0.508 e. The van der Waals surface area contributed by atoms with Crippen LogP contribution in [-0.4, -0.2) is 111 Å². The van der Waals surface area contributed by atoms with Gasteiger partial charge >= 0.3 is 0 Å².